The number of morpholine rings is 1. The van der Waals surface area contributed by atoms with Crippen molar-refractivity contribution in [3.05, 3.63) is 29.8 Å². The van der Waals surface area contributed by atoms with E-state index < -0.39 is 5.41 Å². The highest BCUT2D eigenvalue weighted by Crippen LogP contribution is 2.39. The van der Waals surface area contributed by atoms with Gasteiger partial charge in [0.05, 0.1) is 19.3 Å². The van der Waals surface area contributed by atoms with Crippen molar-refractivity contribution in [1.29, 1.82) is 5.26 Å². The third-order valence-electron chi connectivity index (χ3n) is 5.16. The lowest BCUT2D eigenvalue weighted by Crippen LogP contribution is -2.39. The van der Waals surface area contributed by atoms with Crippen LogP contribution in [0, 0.1) is 16.7 Å². The Kier molecular flexibility index (Phi) is 5.06. The second kappa shape index (κ2) is 7.23. The van der Waals surface area contributed by atoms with E-state index in [1.165, 1.54) is 5.69 Å². The number of carbonyl (C=O) groups excluding carboxylic acids is 1. The van der Waals surface area contributed by atoms with E-state index in [0.29, 0.717) is 19.4 Å². The van der Waals surface area contributed by atoms with Crippen LogP contribution in [-0.4, -0.2) is 44.2 Å². The second-order valence-corrected chi connectivity index (χ2v) is 6.83. The van der Waals surface area contributed by atoms with Crippen molar-refractivity contribution in [3.63, 3.8) is 0 Å². The van der Waals surface area contributed by atoms with E-state index in [2.05, 4.69) is 35.2 Å². The normalized spacial score (nSPS) is 19.8. The molecular formula is C19H25N3O2. The van der Waals surface area contributed by atoms with Crippen LogP contribution in [0.15, 0.2) is 24.3 Å². The van der Waals surface area contributed by atoms with Gasteiger partial charge in [-0.1, -0.05) is 25.0 Å². The topological polar surface area (TPSA) is 56.6 Å². The quantitative estimate of drug-likeness (QED) is 0.853. The third-order valence-corrected chi connectivity index (χ3v) is 5.16. The summed E-state index contributed by atoms with van der Waals surface area (Å²) in [5.41, 5.74) is 1.50. The van der Waals surface area contributed by atoms with E-state index in [-0.39, 0.29) is 5.91 Å². The van der Waals surface area contributed by atoms with Crippen LogP contribution < -0.4 is 4.90 Å². The summed E-state index contributed by atoms with van der Waals surface area (Å²) in [5, 5.41) is 9.47. The van der Waals surface area contributed by atoms with Crippen LogP contribution >= 0.6 is 0 Å². The molecular weight excluding hydrogens is 302 g/mol. The van der Waals surface area contributed by atoms with Gasteiger partial charge in [-0.25, -0.2) is 0 Å². The number of benzene rings is 1. The van der Waals surface area contributed by atoms with Crippen molar-refractivity contribution in [3.8, 4) is 6.07 Å². The molecule has 1 aliphatic carbocycles. The zero-order chi connectivity index (χ0) is 17.0. The van der Waals surface area contributed by atoms with Gasteiger partial charge in [-0.15, -0.1) is 0 Å². The number of amides is 1. The minimum absolute atomic E-state index is 0.0280. The minimum atomic E-state index is -0.789. The number of rotatable bonds is 4. The van der Waals surface area contributed by atoms with Crippen molar-refractivity contribution in [2.75, 3.05) is 38.3 Å². The van der Waals surface area contributed by atoms with Crippen molar-refractivity contribution in [2.24, 2.45) is 5.41 Å². The standard InChI is InChI=1S/C19H25N3O2/c1-21(18(23)19(15-20)8-2-3-9-19)14-16-4-6-17(7-5-16)22-10-12-24-13-11-22/h4-7H,2-3,8-14H2,1H3. The van der Waals surface area contributed by atoms with Crippen LogP contribution in [0.1, 0.15) is 31.2 Å². The molecule has 5 nitrogen and oxygen atoms in total. The lowest BCUT2D eigenvalue weighted by molar-refractivity contribution is -0.138. The fourth-order valence-electron chi connectivity index (χ4n) is 3.70. The van der Waals surface area contributed by atoms with Gasteiger partial charge in [-0.05, 0) is 30.5 Å². The first kappa shape index (κ1) is 16.8. The fraction of sp³-hybridized carbons (Fsp3) is 0.579. The number of hydrogen-bond donors (Lipinski definition) is 0. The molecule has 24 heavy (non-hydrogen) atoms. The Morgan fingerprint density at radius 3 is 2.46 bits per heavy atom. The molecule has 0 N–H and O–H groups in total. The Bertz CT molecular complexity index is 608. The summed E-state index contributed by atoms with van der Waals surface area (Å²) < 4.78 is 5.38. The highest BCUT2D eigenvalue weighted by Gasteiger charge is 2.43. The van der Waals surface area contributed by atoms with Gasteiger partial charge in [0.1, 0.15) is 5.41 Å². The predicted octanol–water partition coefficient (Wildman–Crippen LogP) is 2.57. The molecule has 5 heteroatoms. The summed E-state index contributed by atoms with van der Waals surface area (Å²) in [5.74, 6) is -0.0280. The number of nitrogens with zero attached hydrogens (tertiary/aromatic N) is 3. The molecule has 1 aliphatic heterocycles. The minimum Gasteiger partial charge on any atom is -0.378 e. The van der Waals surface area contributed by atoms with Gasteiger partial charge in [0.25, 0.3) is 0 Å². The molecule has 0 atom stereocenters. The first-order valence-corrected chi connectivity index (χ1v) is 8.73. The number of carbonyl (C=O) groups is 1. The number of nitriles is 1. The van der Waals surface area contributed by atoms with Crippen LogP contribution in [0.2, 0.25) is 0 Å². The maximum Gasteiger partial charge on any atom is 0.243 e. The Hall–Kier alpha value is -2.06. The Balaban J connectivity index is 1.63. The van der Waals surface area contributed by atoms with Crippen LogP contribution in [-0.2, 0) is 16.1 Å². The molecule has 128 valence electrons. The van der Waals surface area contributed by atoms with E-state index >= 15 is 0 Å². The number of anilines is 1. The Morgan fingerprint density at radius 1 is 1.25 bits per heavy atom. The zero-order valence-electron chi connectivity index (χ0n) is 14.3. The first-order chi connectivity index (χ1) is 11.6. The highest BCUT2D eigenvalue weighted by molar-refractivity contribution is 5.85. The Labute approximate surface area is 143 Å². The van der Waals surface area contributed by atoms with Crippen LogP contribution in [0.5, 0.6) is 0 Å². The molecule has 0 aromatic heterocycles. The van der Waals surface area contributed by atoms with E-state index in [4.69, 9.17) is 4.74 Å². The first-order valence-electron chi connectivity index (χ1n) is 8.73. The monoisotopic (exact) mass is 327 g/mol. The zero-order valence-corrected chi connectivity index (χ0v) is 14.3. The summed E-state index contributed by atoms with van der Waals surface area (Å²) in [6.45, 7) is 3.93. The Morgan fingerprint density at radius 2 is 1.88 bits per heavy atom. The molecule has 1 aromatic rings. The van der Waals surface area contributed by atoms with Crippen LogP contribution in [0.3, 0.4) is 0 Å². The van der Waals surface area contributed by atoms with Gasteiger partial charge in [0.15, 0.2) is 0 Å². The van der Waals surface area contributed by atoms with E-state index in [9.17, 15) is 10.1 Å². The molecule has 1 amide bonds. The van der Waals surface area contributed by atoms with Crippen LogP contribution in [0.25, 0.3) is 0 Å². The molecule has 0 radical (unpaired) electrons. The fourth-order valence-corrected chi connectivity index (χ4v) is 3.70. The van der Waals surface area contributed by atoms with Crippen molar-refractivity contribution < 1.29 is 9.53 Å². The summed E-state index contributed by atoms with van der Waals surface area (Å²) in [4.78, 5) is 16.7. The van der Waals surface area contributed by atoms with E-state index in [1.54, 1.807) is 11.9 Å². The summed E-state index contributed by atoms with van der Waals surface area (Å²) in [7, 11) is 1.80. The molecule has 1 saturated carbocycles. The highest BCUT2D eigenvalue weighted by atomic mass is 16.5. The van der Waals surface area contributed by atoms with Gasteiger partial charge in [-0.2, -0.15) is 5.26 Å². The number of ether oxygens (including phenoxy) is 1. The molecule has 1 aromatic carbocycles. The smallest absolute Gasteiger partial charge is 0.243 e. The van der Waals surface area contributed by atoms with E-state index in [0.717, 1.165) is 44.7 Å². The maximum atomic E-state index is 12.7. The average molecular weight is 327 g/mol. The summed E-state index contributed by atoms with van der Waals surface area (Å²) in [6, 6.07) is 10.6. The molecule has 3 rings (SSSR count). The van der Waals surface area contributed by atoms with Crippen molar-refractivity contribution in [2.45, 2.75) is 32.2 Å². The summed E-state index contributed by atoms with van der Waals surface area (Å²) >= 11 is 0. The molecule has 0 unspecified atom stereocenters. The molecule has 2 fully saturated rings. The van der Waals surface area contributed by atoms with Gasteiger partial charge in [0.2, 0.25) is 5.91 Å². The molecule has 0 spiro atoms. The molecule has 1 heterocycles. The van der Waals surface area contributed by atoms with Gasteiger partial charge in [-0.3, -0.25) is 4.79 Å². The van der Waals surface area contributed by atoms with Gasteiger partial charge in [0, 0.05) is 32.4 Å². The number of hydrogen-bond acceptors (Lipinski definition) is 4. The van der Waals surface area contributed by atoms with Crippen LogP contribution in [0.4, 0.5) is 5.69 Å². The van der Waals surface area contributed by atoms with Gasteiger partial charge < -0.3 is 14.5 Å². The third kappa shape index (κ3) is 3.39. The molecule has 1 saturated heterocycles. The SMILES string of the molecule is CN(Cc1ccc(N2CCOCC2)cc1)C(=O)C1(C#N)CCCC1. The predicted molar refractivity (Wildman–Crippen MR) is 92.5 cm³/mol. The lowest BCUT2D eigenvalue weighted by Gasteiger charge is -2.29. The largest absolute Gasteiger partial charge is 0.378 e. The van der Waals surface area contributed by atoms with Crippen molar-refractivity contribution in [1.82, 2.24) is 4.90 Å². The lowest BCUT2D eigenvalue weighted by atomic mass is 9.86. The average Bonchev–Trinajstić information content (AvgIpc) is 3.12. The van der Waals surface area contributed by atoms with Gasteiger partial charge >= 0.3 is 0 Å². The molecule has 0 bridgehead atoms. The second-order valence-electron chi connectivity index (χ2n) is 6.83. The van der Waals surface area contributed by atoms with Crippen molar-refractivity contribution >= 4 is 11.6 Å². The summed E-state index contributed by atoms with van der Waals surface area (Å²) in [6.07, 6.45) is 3.34. The molecule has 2 aliphatic rings. The van der Waals surface area contributed by atoms with E-state index in [1.807, 2.05) is 0 Å². The maximum absolute atomic E-state index is 12.7.